The Morgan fingerprint density at radius 3 is 2.25 bits per heavy atom. The molecular weight excluding hydrogens is 348 g/mol. The monoisotopic (exact) mass is 372 g/mol. The average molecular weight is 372 g/mol. The highest BCUT2D eigenvalue weighted by Crippen LogP contribution is 2.32. The SMILES string of the molecule is CCOC=O.Nc1ccc2c(c1)c(-c1ccccc1)cn2Cc1ccccc1. The van der Waals surface area contributed by atoms with Crippen molar-refractivity contribution in [1.29, 1.82) is 0 Å². The molecule has 0 amide bonds. The predicted molar refractivity (Wildman–Crippen MR) is 115 cm³/mol. The molecule has 0 aliphatic heterocycles. The summed E-state index contributed by atoms with van der Waals surface area (Å²) in [6.07, 6.45) is 2.23. The molecule has 0 saturated carbocycles. The number of ether oxygens (including phenoxy) is 1. The van der Waals surface area contributed by atoms with Crippen molar-refractivity contribution in [1.82, 2.24) is 4.57 Å². The minimum absolute atomic E-state index is 0.431. The number of rotatable bonds is 5. The largest absolute Gasteiger partial charge is 0.468 e. The number of nitrogens with two attached hydrogens (primary N) is 1. The summed E-state index contributed by atoms with van der Waals surface area (Å²) in [5.41, 5.74) is 11.8. The summed E-state index contributed by atoms with van der Waals surface area (Å²) >= 11 is 0. The third-order valence-corrected chi connectivity index (χ3v) is 4.42. The van der Waals surface area contributed by atoms with Crippen LogP contribution in [0.25, 0.3) is 22.0 Å². The summed E-state index contributed by atoms with van der Waals surface area (Å²) in [4.78, 5) is 9.18. The lowest BCUT2D eigenvalue weighted by molar-refractivity contribution is -0.128. The molecule has 1 heterocycles. The zero-order chi connectivity index (χ0) is 19.8. The first-order chi connectivity index (χ1) is 13.7. The molecule has 0 aliphatic rings. The molecule has 28 heavy (non-hydrogen) atoms. The molecule has 1 aromatic heterocycles. The molecule has 4 nitrogen and oxygen atoms in total. The number of carbonyl (C=O) groups is 1. The van der Waals surface area contributed by atoms with Crippen LogP contribution in [0.3, 0.4) is 0 Å². The van der Waals surface area contributed by atoms with Gasteiger partial charge >= 0.3 is 0 Å². The first-order valence-corrected chi connectivity index (χ1v) is 9.26. The molecule has 0 atom stereocenters. The Hall–Kier alpha value is -3.53. The minimum Gasteiger partial charge on any atom is -0.468 e. The summed E-state index contributed by atoms with van der Waals surface area (Å²) in [5, 5.41) is 1.20. The van der Waals surface area contributed by atoms with Gasteiger partial charge < -0.3 is 15.0 Å². The maximum Gasteiger partial charge on any atom is 0.293 e. The van der Waals surface area contributed by atoms with Gasteiger partial charge in [0.05, 0.1) is 6.61 Å². The second kappa shape index (κ2) is 9.42. The van der Waals surface area contributed by atoms with Crippen LogP contribution in [0.1, 0.15) is 12.5 Å². The summed E-state index contributed by atoms with van der Waals surface area (Å²) in [6, 6.07) is 27.1. The lowest BCUT2D eigenvalue weighted by Crippen LogP contribution is -1.97. The zero-order valence-electron chi connectivity index (χ0n) is 15.9. The molecule has 0 fully saturated rings. The number of nitrogens with zero attached hydrogens (tertiary/aromatic N) is 1. The number of hydrogen-bond donors (Lipinski definition) is 1. The molecule has 4 heteroatoms. The van der Waals surface area contributed by atoms with Gasteiger partial charge in [-0.3, -0.25) is 4.79 Å². The van der Waals surface area contributed by atoms with Crippen molar-refractivity contribution in [2.75, 3.05) is 12.3 Å². The van der Waals surface area contributed by atoms with Gasteiger partial charge in [0.1, 0.15) is 0 Å². The van der Waals surface area contributed by atoms with Gasteiger partial charge in [-0.2, -0.15) is 0 Å². The standard InChI is InChI=1S/C21H18N2.C3H6O2/c22-18-11-12-21-19(13-18)20(17-9-5-2-6-10-17)15-23(21)14-16-7-3-1-4-8-16;1-2-5-3-4/h1-13,15H,14,22H2;3H,2H2,1H3. The van der Waals surface area contributed by atoms with Gasteiger partial charge in [0.2, 0.25) is 0 Å². The van der Waals surface area contributed by atoms with Crippen molar-refractivity contribution >= 4 is 23.1 Å². The van der Waals surface area contributed by atoms with E-state index in [9.17, 15) is 4.79 Å². The second-order valence-corrected chi connectivity index (χ2v) is 6.35. The Balaban J connectivity index is 0.000000403. The van der Waals surface area contributed by atoms with E-state index in [1.807, 2.05) is 18.2 Å². The number of benzene rings is 3. The highest BCUT2D eigenvalue weighted by Gasteiger charge is 2.10. The van der Waals surface area contributed by atoms with Gasteiger partial charge in [-0.05, 0) is 36.2 Å². The minimum atomic E-state index is 0.431. The van der Waals surface area contributed by atoms with Crippen molar-refractivity contribution in [3.63, 3.8) is 0 Å². The van der Waals surface area contributed by atoms with Crippen molar-refractivity contribution < 1.29 is 9.53 Å². The van der Waals surface area contributed by atoms with Crippen LogP contribution >= 0.6 is 0 Å². The lowest BCUT2D eigenvalue weighted by Gasteiger charge is -2.05. The van der Waals surface area contributed by atoms with E-state index in [0.717, 1.165) is 12.2 Å². The van der Waals surface area contributed by atoms with Gasteiger partial charge in [0, 0.05) is 34.9 Å². The molecule has 0 spiro atoms. The average Bonchev–Trinajstić information content (AvgIpc) is 3.08. The maximum atomic E-state index is 9.18. The molecule has 4 aromatic rings. The molecule has 0 aliphatic carbocycles. The van der Waals surface area contributed by atoms with Crippen molar-refractivity contribution in [2.24, 2.45) is 0 Å². The fraction of sp³-hybridized carbons (Fsp3) is 0.125. The molecule has 0 saturated heterocycles. The van der Waals surface area contributed by atoms with Gasteiger partial charge in [0.15, 0.2) is 0 Å². The van der Waals surface area contributed by atoms with Crippen LogP contribution in [0.15, 0.2) is 85.1 Å². The van der Waals surface area contributed by atoms with E-state index in [1.165, 1.54) is 27.6 Å². The van der Waals surface area contributed by atoms with Crippen LogP contribution in [-0.4, -0.2) is 17.6 Å². The number of fused-ring (bicyclic) bond motifs is 1. The molecule has 4 rings (SSSR count). The van der Waals surface area contributed by atoms with E-state index in [0.29, 0.717) is 13.1 Å². The number of anilines is 1. The third-order valence-electron chi connectivity index (χ3n) is 4.42. The van der Waals surface area contributed by atoms with Crippen molar-refractivity contribution in [2.45, 2.75) is 13.5 Å². The fourth-order valence-electron chi connectivity index (χ4n) is 3.14. The topological polar surface area (TPSA) is 57.2 Å². The third kappa shape index (κ3) is 4.60. The quantitative estimate of drug-likeness (QED) is 0.391. The molecule has 0 radical (unpaired) electrons. The Morgan fingerprint density at radius 2 is 1.64 bits per heavy atom. The van der Waals surface area contributed by atoms with Crippen molar-refractivity contribution in [3.05, 3.63) is 90.6 Å². The van der Waals surface area contributed by atoms with Crippen LogP contribution in [-0.2, 0) is 16.1 Å². The second-order valence-electron chi connectivity index (χ2n) is 6.35. The predicted octanol–water partition coefficient (Wildman–Crippen LogP) is 5.12. The summed E-state index contributed by atoms with van der Waals surface area (Å²) in [5.74, 6) is 0. The van der Waals surface area contributed by atoms with Crippen LogP contribution in [0.4, 0.5) is 5.69 Å². The molecule has 2 N–H and O–H groups in total. The Bertz CT molecular complexity index is 1020. The first kappa shape index (κ1) is 19.2. The molecule has 0 unspecified atom stereocenters. The number of hydrogen-bond acceptors (Lipinski definition) is 3. The van der Waals surface area contributed by atoms with E-state index < -0.39 is 0 Å². The Kier molecular flexibility index (Phi) is 6.47. The van der Waals surface area contributed by atoms with Gasteiger partial charge in [-0.15, -0.1) is 0 Å². The highest BCUT2D eigenvalue weighted by molar-refractivity contribution is 5.97. The normalized spacial score (nSPS) is 10.2. The first-order valence-electron chi connectivity index (χ1n) is 9.26. The summed E-state index contributed by atoms with van der Waals surface area (Å²) in [7, 11) is 0. The van der Waals surface area contributed by atoms with E-state index in [-0.39, 0.29) is 0 Å². The van der Waals surface area contributed by atoms with Crippen LogP contribution in [0.5, 0.6) is 0 Å². The van der Waals surface area contributed by atoms with Crippen molar-refractivity contribution in [3.8, 4) is 11.1 Å². The molecule has 0 bridgehead atoms. The van der Waals surface area contributed by atoms with Gasteiger partial charge in [-0.25, -0.2) is 0 Å². The Labute approximate surface area is 165 Å². The van der Waals surface area contributed by atoms with Gasteiger partial charge in [-0.1, -0.05) is 60.7 Å². The number of carbonyl (C=O) groups excluding carboxylic acids is 1. The number of aromatic nitrogens is 1. The van der Waals surface area contributed by atoms with Gasteiger partial charge in [0.25, 0.3) is 6.47 Å². The maximum absolute atomic E-state index is 9.18. The number of nitrogen functional groups attached to an aromatic ring is 1. The van der Waals surface area contributed by atoms with E-state index in [1.54, 1.807) is 6.92 Å². The van der Waals surface area contributed by atoms with Crippen LogP contribution in [0.2, 0.25) is 0 Å². The molecule has 3 aromatic carbocycles. The molecule has 142 valence electrons. The van der Waals surface area contributed by atoms with E-state index in [4.69, 9.17) is 5.73 Å². The highest BCUT2D eigenvalue weighted by atomic mass is 16.5. The van der Waals surface area contributed by atoms with Crippen LogP contribution < -0.4 is 5.73 Å². The lowest BCUT2D eigenvalue weighted by atomic mass is 10.0. The van der Waals surface area contributed by atoms with Crippen LogP contribution in [0, 0.1) is 0 Å². The van der Waals surface area contributed by atoms with E-state index in [2.05, 4.69) is 76.2 Å². The summed E-state index contributed by atoms with van der Waals surface area (Å²) in [6.45, 7) is 3.52. The van der Waals surface area contributed by atoms with E-state index >= 15 is 0 Å². The Morgan fingerprint density at radius 1 is 0.964 bits per heavy atom. The zero-order valence-corrected chi connectivity index (χ0v) is 15.9. The molecular formula is C24H24N2O2. The fourth-order valence-corrected chi connectivity index (χ4v) is 3.14. The summed E-state index contributed by atoms with van der Waals surface area (Å²) < 4.78 is 6.45. The smallest absolute Gasteiger partial charge is 0.293 e.